The van der Waals surface area contributed by atoms with Gasteiger partial charge in [-0.05, 0) is 49.9 Å². The number of nitrogens with zero attached hydrogens (tertiary/aromatic N) is 3. The molecule has 2 amide bonds. The summed E-state index contributed by atoms with van der Waals surface area (Å²) in [6.07, 6.45) is 5.89. The SMILES string of the molecule is CCC1CCCCN1C(=O)c1nc(C(=O)Nc2ccccc2)c2ccccn12. The Hall–Kier alpha value is -3.15. The minimum Gasteiger partial charge on any atom is -0.333 e. The fourth-order valence-corrected chi connectivity index (χ4v) is 3.89. The van der Waals surface area contributed by atoms with E-state index in [2.05, 4.69) is 17.2 Å². The van der Waals surface area contributed by atoms with Crippen LogP contribution in [0.5, 0.6) is 0 Å². The van der Waals surface area contributed by atoms with Gasteiger partial charge < -0.3 is 10.2 Å². The van der Waals surface area contributed by atoms with Crippen LogP contribution in [0, 0.1) is 0 Å². The molecule has 1 aromatic carbocycles. The number of amides is 2. The van der Waals surface area contributed by atoms with E-state index in [9.17, 15) is 9.59 Å². The van der Waals surface area contributed by atoms with Crippen LogP contribution in [0.1, 0.15) is 53.7 Å². The summed E-state index contributed by atoms with van der Waals surface area (Å²) in [7, 11) is 0. The van der Waals surface area contributed by atoms with Gasteiger partial charge in [-0.15, -0.1) is 0 Å². The zero-order valence-electron chi connectivity index (χ0n) is 16.0. The predicted molar refractivity (Wildman–Crippen MR) is 109 cm³/mol. The number of likely N-dealkylation sites (tertiary alicyclic amines) is 1. The van der Waals surface area contributed by atoms with Crippen LogP contribution in [-0.4, -0.2) is 38.7 Å². The number of benzene rings is 1. The van der Waals surface area contributed by atoms with E-state index in [1.807, 2.05) is 53.4 Å². The average Bonchev–Trinajstić information content (AvgIpc) is 3.14. The van der Waals surface area contributed by atoms with Crippen LogP contribution in [0.4, 0.5) is 5.69 Å². The highest BCUT2D eigenvalue weighted by Crippen LogP contribution is 2.23. The molecule has 28 heavy (non-hydrogen) atoms. The Balaban J connectivity index is 1.70. The number of rotatable bonds is 4. The number of hydrogen-bond donors (Lipinski definition) is 1. The Labute approximate surface area is 164 Å². The summed E-state index contributed by atoms with van der Waals surface area (Å²) < 4.78 is 1.73. The van der Waals surface area contributed by atoms with Crippen LogP contribution in [0.25, 0.3) is 5.52 Å². The molecule has 1 aliphatic heterocycles. The number of carbonyl (C=O) groups excluding carboxylic acids is 2. The van der Waals surface area contributed by atoms with Gasteiger partial charge >= 0.3 is 0 Å². The van der Waals surface area contributed by atoms with Crippen LogP contribution in [0.2, 0.25) is 0 Å². The normalized spacial score (nSPS) is 16.9. The van der Waals surface area contributed by atoms with E-state index in [4.69, 9.17) is 0 Å². The summed E-state index contributed by atoms with van der Waals surface area (Å²) in [5.41, 5.74) is 1.58. The summed E-state index contributed by atoms with van der Waals surface area (Å²) in [6.45, 7) is 2.85. The van der Waals surface area contributed by atoms with E-state index in [1.54, 1.807) is 10.6 Å². The van der Waals surface area contributed by atoms with Crippen LogP contribution in [0.15, 0.2) is 54.7 Å². The molecule has 1 atom stereocenters. The topological polar surface area (TPSA) is 66.7 Å². The standard InChI is InChI=1S/C22H24N4O2/c1-2-17-12-6-8-14-25(17)22(28)20-24-19(18-13-7-9-15-26(18)20)21(27)23-16-10-4-3-5-11-16/h3-5,7,9-11,13,15,17H,2,6,8,12,14H2,1H3,(H,23,27). The molecule has 3 aromatic rings. The van der Waals surface area contributed by atoms with Crippen molar-refractivity contribution >= 4 is 23.0 Å². The number of anilines is 1. The first-order chi connectivity index (χ1) is 13.7. The van der Waals surface area contributed by atoms with Crippen LogP contribution >= 0.6 is 0 Å². The quantitative estimate of drug-likeness (QED) is 0.749. The number of para-hydroxylation sites is 1. The largest absolute Gasteiger partial charge is 0.333 e. The van der Waals surface area contributed by atoms with Crippen molar-refractivity contribution in [3.05, 3.63) is 66.2 Å². The highest BCUT2D eigenvalue weighted by molar-refractivity contribution is 6.08. The number of aromatic nitrogens is 2. The summed E-state index contributed by atoms with van der Waals surface area (Å²) in [5, 5.41) is 2.86. The van der Waals surface area contributed by atoms with Crippen molar-refractivity contribution in [1.29, 1.82) is 0 Å². The molecule has 1 saturated heterocycles. The van der Waals surface area contributed by atoms with Crippen LogP contribution < -0.4 is 5.32 Å². The minimum atomic E-state index is -0.320. The van der Waals surface area contributed by atoms with Gasteiger partial charge in [0.05, 0.1) is 5.52 Å². The maximum absolute atomic E-state index is 13.3. The Morgan fingerprint density at radius 2 is 1.89 bits per heavy atom. The van der Waals surface area contributed by atoms with Gasteiger partial charge in [-0.2, -0.15) is 0 Å². The average molecular weight is 376 g/mol. The number of imidazole rings is 1. The number of pyridine rings is 1. The lowest BCUT2D eigenvalue weighted by atomic mass is 10.00. The molecule has 3 heterocycles. The van der Waals surface area contributed by atoms with E-state index < -0.39 is 0 Å². The zero-order valence-corrected chi connectivity index (χ0v) is 16.0. The number of carbonyl (C=O) groups is 2. The second-order valence-electron chi connectivity index (χ2n) is 7.12. The molecule has 1 N–H and O–H groups in total. The molecule has 2 aromatic heterocycles. The zero-order chi connectivity index (χ0) is 19.5. The van der Waals surface area contributed by atoms with Crippen molar-refractivity contribution in [2.45, 2.75) is 38.6 Å². The molecule has 0 aliphatic carbocycles. The first-order valence-electron chi connectivity index (χ1n) is 9.83. The maximum atomic E-state index is 13.3. The van der Waals surface area contributed by atoms with Gasteiger partial charge in [0.15, 0.2) is 5.69 Å². The molecule has 0 spiro atoms. The Morgan fingerprint density at radius 1 is 1.11 bits per heavy atom. The van der Waals surface area contributed by atoms with Crippen molar-refractivity contribution in [3.63, 3.8) is 0 Å². The molecule has 6 nitrogen and oxygen atoms in total. The fourth-order valence-electron chi connectivity index (χ4n) is 3.89. The number of hydrogen-bond acceptors (Lipinski definition) is 3. The second kappa shape index (κ2) is 7.84. The fraction of sp³-hybridized carbons (Fsp3) is 0.318. The summed E-state index contributed by atoms with van der Waals surface area (Å²) in [6, 6.07) is 15.0. The Bertz CT molecular complexity index is 996. The van der Waals surface area contributed by atoms with Gasteiger partial charge in [-0.3, -0.25) is 14.0 Å². The van der Waals surface area contributed by atoms with Crippen molar-refractivity contribution < 1.29 is 9.59 Å². The van der Waals surface area contributed by atoms with Crippen molar-refractivity contribution in [1.82, 2.24) is 14.3 Å². The number of nitrogens with one attached hydrogen (secondary N) is 1. The highest BCUT2D eigenvalue weighted by Gasteiger charge is 2.30. The molecular formula is C22H24N4O2. The molecule has 0 saturated carbocycles. The van der Waals surface area contributed by atoms with Crippen molar-refractivity contribution in [2.24, 2.45) is 0 Å². The second-order valence-corrected chi connectivity index (χ2v) is 7.12. The van der Waals surface area contributed by atoms with Crippen molar-refractivity contribution in [2.75, 3.05) is 11.9 Å². The molecule has 1 aliphatic rings. The third kappa shape index (κ3) is 3.38. The predicted octanol–water partition coefficient (Wildman–Crippen LogP) is 3.99. The molecule has 144 valence electrons. The summed E-state index contributed by atoms with van der Waals surface area (Å²) >= 11 is 0. The molecular weight excluding hydrogens is 352 g/mol. The lowest BCUT2D eigenvalue weighted by Crippen LogP contribution is -2.44. The van der Waals surface area contributed by atoms with E-state index >= 15 is 0 Å². The van der Waals surface area contributed by atoms with Gasteiger partial charge in [0.25, 0.3) is 11.8 Å². The number of fused-ring (bicyclic) bond motifs is 1. The lowest BCUT2D eigenvalue weighted by molar-refractivity contribution is 0.0594. The van der Waals surface area contributed by atoms with Crippen molar-refractivity contribution in [3.8, 4) is 0 Å². The Morgan fingerprint density at radius 3 is 2.68 bits per heavy atom. The summed E-state index contributed by atoms with van der Waals surface area (Å²) in [4.78, 5) is 32.5. The van der Waals surface area contributed by atoms with Gasteiger partial charge in [0.2, 0.25) is 5.82 Å². The van der Waals surface area contributed by atoms with Crippen LogP contribution in [0.3, 0.4) is 0 Å². The Kier molecular flexibility index (Phi) is 5.10. The maximum Gasteiger partial charge on any atom is 0.290 e. The molecule has 0 radical (unpaired) electrons. The third-order valence-electron chi connectivity index (χ3n) is 5.35. The molecule has 4 rings (SSSR count). The van der Waals surface area contributed by atoms with E-state index in [-0.39, 0.29) is 23.6 Å². The molecule has 0 bridgehead atoms. The van der Waals surface area contributed by atoms with Gasteiger partial charge in [-0.1, -0.05) is 31.2 Å². The third-order valence-corrected chi connectivity index (χ3v) is 5.35. The molecule has 6 heteroatoms. The first-order valence-corrected chi connectivity index (χ1v) is 9.83. The van der Waals surface area contributed by atoms with Gasteiger partial charge in [0.1, 0.15) is 0 Å². The molecule has 1 fully saturated rings. The minimum absolute atomic E-state index is 0.105. The lowest BCUT2D eigenvalue weighted by Gasteiger charge is -2.34. The van der Waals surface area contributed by atoms with Gasteiger partial charge in [-0.25, -0.2) is 4.98 Å². The number of piperidine rings is 1. The van der Waals surface area contributed by atoms with Gasteiger partial charge in [0, 0.05) is 24.5 Å². The smallest absolute Gasteiger partial charge is 0.290 e. The first kappa shape index (κ1) is 18.2. The van der Waals surface area contributed by atoms with E-state index in [0.29, 0.717) is 17.0 Å². The molecule has 1 unspecified atom stereocenters. The monoisotopic (exact) mass is 376 g/mol. The van der Waals surface area contributed by atoms with Crippen LogP contribution in [-0.2, 0) is 0 Å². The highest BCUT2D eigenvalue weighted by atomic mass is 16.2. The summed E-state index contributed by atoms with van der Waals surface area (Å²) in [5.74, 6) is -0.125. The van der Waals surface area contributed by atoms with E-state index in [1.165, 1.54) is 0 Å². The van der Waals surface area contributed by atoms with E-state index in [0.717, 1.165) is 32.2 Å².